The second-order valence-corrected chi connectivity index (χ2v) is 8.84. The number of aromatic nitrogens is 1. The minimum Gasteiger partial charge on any atom is -0.370 e. The lowest BCUT2D eigenvalue weighted by Gasteiger charge is -2.19. The highest BCUT2D eigenvalue weighted by atomic mass is 16.1. The number of benzene rings is 3. The van der Waals surface area contributed by atoms with Gasteiger partial charge < -0.3 is 15.2 Å². The third-order valence-electron chi connectivity index (χ3n) is 6.48. The van der Waals surface area contributed by atoms with Crippen molar-refractivity contribution in [2.24, 2.45) is 0 Å². The molecule has 1 unspecified atom stereocenters. The molecule has 5 nitrogen and oxygen atoms in total. The molecule has 1 aromatic heterocycles. The highest BCUT2D eigenvalue weighted by Gasteiger charge is 2.28. The van der Waals surface area contributed by atoms with Gasteiger partial charge in [-0.2, -0.15) is 0 Å². The maximum atomic E-state index is 13.6. The van der Waals surface area contributed by atoms with Gasteiger partial charge in [-0.15, -0.1) is 0 Å². The second kappa shape index (κ2) is 9.02. The number of para-hydroxylation sites is 1. The maximum Gasteiger partial charge on any atom is 0.228 e. The van der Waals surface area contributed by atoms with E-state index in [-0.39, 0.29) is 11.7 Å². The van der Waals surface area contributed by atoms with Gasteiger partial charge >= 0.3 is 0 Å². The number of nitrogens with one attached hydrogen (secondary N) is 2. The van der Waals surface area contributed by atoms with Crippen LogP contribution in [0, 0.1) is 13.8 Å². The van der Waals surface area contributed by atoms with Gasteiger partial charge in [-0.05, 0) is 72.5 Å². The predicted molar refractivity (Wildman–Crippen MR) is 135 cm³/mol. The number of aryl methyl sites for hydroxylation is 2. The second-order valence-electron chi connectivity index (χ2n) is 8.84. The summed E-state index contributed by atoms with van der Waals surface area (Å²) in [6.45, 7) is 4.64. The summed E-state index contributed by atoms with van der Waals surface area (Å²) in [5, 5.41) is 6.45. The normalized spacial score (nSPS) is 14.4. The van der Waals surface area contributed by atoms with Crippen LogP contribution in [0.25, 0.3) is 0 Å². The molecule has 170 valence electrons. The molecule has 0 radical (unpaired) electrons. The van der Waals surface area contributed by atoms with Crippen LogP contribution in [0.1, 0.15) is 44.3 Å². The predicted octanol–water partition coefficient (Wildman–Crippen LogP) is 5.68. The number of amides is 1. The average molecular weight is 450 g/mol. The molecule has 1 amide bonds. The topological polar surface area (TPSA) is 63.1 Å². The van der Waals surface area contributed by atoms with Crippen molar-refractivity contribution in [1.82, 2.24) is 4.57 Å². The average Bonchev–Trinajstić information content (AvgIpc) is 3.22. The van der Waals surface area contributed by atoms with E-state index < -0.39 is 6.04 Å². The van der Waals surface area contributed by atoms with Crippen LogP contribution in [0.15, 0.2) is 85.1 Å². The van der Waals surface area contributed by atoms with Gasteiger partial charge in [0.05, 0.1) is 6.42 Å². The highest BCUT2D eigenvalue weighted by molar-refractivity contribution is 6.03. The van der Waals surface area contributed by atoms with Crippen LogP contribution < -0.4 is 10.6 Å². The van der Waals surface area contributed by atoms with Gasteiger partial charge in [0, 0.05) is 35.4 Å². The van der Waals surface area contributed by atoms with Crippen molar-refractivity contribution >= 4 is 23.1 Å². The lowest BCUT2D eigenvalue weighted by Crippen LogP contribution is -2.22. The Morgan fingerprint density at radius 1 is 0.941 bits per heavy atom. The Balaban J connectivity index is 1.37. The standard InChI is InChI=1S/C29H27N3O2/c1-19-8-3-4-9-21(19)17-27(33)30-24-14-13-22(16-20(24)2)29(34)28-26-12-7-15-32(26)18-23-10-5-6-11-25(23)31-28/h3-16,28,31H,17-18H2,1-2H3,(H,30,33). The highest BCUT2D eigenvalue weighted by Crippen LogP contribution is 2.31. The molecular formula is C29H27N3O2. The van der Waals surface area contributed by atoms with Gasteiger partial charge in [-0.3, -0.25) is 9.59 Å². The smallest absolute Gasteiger partial charge is 0.228 e. The van der Waals surface area contributed by atoms with Crippen molar-refractivity contribution in [2.75, 3.05) is 10.6 Å². The Bertz CT molecular complexity index is 1390. The van der Waals surface area contributed by atoms with Gasteiger partial charge in [-0.1, -0.05) is 42.5 Å². The summed E-state index contributed by atoms with van der Waals surface area (Å²) in [5.74, 6) is -0.0751. The third kappa shape index (κ3) is 4.25. The van der Waals surface area contributed by atoms with Gasteiger partial charge in [-0.25, -0.2) is 0 Å². The molecule has 5 rings (SSSR count). The largest absolute Gasteiger partial charge is 0.370 e. The summed E-state index contributed by atoms with van der Waals surface area (Å²) in [6, 6.07) is 24.9. The molecule has 2 heterocycles. The first-order valence-corrected chi connectivity index (χ1v) is 11.5. The van der Waals surface area contributed by atoms with E-state index in [0.29, 0.717) is 12.0 Å². The summed E-state index contributed by atoms with van der Waals surface area (Å²) in [5.41, 5.74) is 7.35. The molecular weight excluding hydrogens is 422 g/mol. The monoisotopic (exact) mass is 449 g/mol. The lowest BCUT2D eigenvalue weighted by molar-refractivity contribution is -0.115. The first-order chi connectivity index (χ1) is 16.5. The number of carbonyl (C=O) groups is 2. The Morgan fingerprint density at radius 2 is 1.74 bits per heavy atom. The van der Waals surface area contributed by atoms with Crippen LogP contribution in [0.4, 0.5) is 11.4 Å². The van der Waals surface area contributed by atoms with Crippen LogP contribution >= 0.6 is 0 Å². The summed E-state index contributed by atoms with van der Waals surface area (Å²) in [6.07, 6.45) is 2.33. The number of rotatable bonds is 5. The van der Waals surface area contributed by atoms with E-state index >= 15 is 0 Å². The number of anilines is 2. The van der Waals surface area contributed by atoms with E-state index in [1.54, 1.807) is 6.07 Å². The summed E-state index contributed by atoms with van der Waals surface area (Å²) < 4.78 is 2.12. The van der Waals surface area contributed by atoms with Crippen LogP contribution in [0.3, 0.4) is 0 Å². The first-order valence-electron chi connectivity index (χ1n) is 11.5. The number of ketones is 1. The molecule has 1 aliphatic rings. The number of Topliss-reactive ketones (excluding diaryl/α,β-unsaturated/α-hetero) is 1. The molecule has 2 N–H and O–H groups in total. The Labute approximate surface area is 199 Å². The number of hydrogen-bond donors (Lipinski definition) is 2. The Morgan fingerprint density at radius 3 is 2.56 bits per heavy atom. The van der Waals surface area contributed by atoms with Crippen molar-refractivity contribution in [1.29, 1.82) is 0 Å². The summed E-state index contributed by atoms with van der Waals surface area (Å²) in [7, 11) is 0. The van der Waals surface area contributed by atoms with Gasteiger partial charge in [0.15, 0.2) is 5.78 Å². The fourth-order valence-electron chi connectivity index (χ4n) is 4.54. The van der Waals surface area contributed by atoms with Crippen LogP contribution in [-0.4, -0.2) is 16.3 Å². The molecule has 3 aromatic carbocycles. The van der Waals surface area contributed by atoms with Gasteiger partial charge in [0.2, 0.25) is 5.91 Å². The zero-order chi connectivity index (χ0) is 23.7. The summed E-state index contributed by atoms with van der Waals surface area (Å²) >= 11 is 0. The fraction of sp³-hybridized carbons (Fsp3) is 0.172. The minimum absolute atomic E-state index is 0.00228. The van der Waals surface area contributed by atoms with E-state index in [1.807, 2.05) is 86.8 Å². The van der Waals surface area contributed by atoms with Crippen molar-refractivity contribution < 1.29 is 9.59 Å². The fourth-order valence-corrected chi connectivity index (χ4v) is 4.54. The quantitative estimate of drug-likeness (QED) is 0.385. The van der Waals surface area contributed by atoms with E-state index in [0.717, 1.165) is 45.9 Å². The molecule has 0 saturated heterocycles. The van der Waals surface area contributed by atoms with E-state index in [4.69, 9.17) is 0 Å². The van der Waals surface area contributed by atoms with Crippen molar-refractivity contribution in [3.05, 3.63) is 119 Å². The SMILES string of the molecule is Cc1ccccc1CC(=O)Nc1ccc(C(=O)C2Nc3ccccc3Cn3cccc32)cc1C. The first kappa shape index (κ1) is 21.7. The number of nitrogens with zero attached hydrogens (tertiary/aromatic N) is 1. The third-order valence-corrected chi connectivity index (χ3v) is 6.48. The molecule has 1 aliphatic heterocycles. The molecule has 0 fully saturated rings. The van der Waals surface area contributed by atoms with Gasteiger partial charge in [0.1, 0.15) is 6.04 Å². The van der Waals surface area contributed by atoms with E-state index in [2.05, 4.69) is 21.3 Å². The van der Waals surface area contributed by atoms with Crippen LogP contribution in [0.5, 0.6) is 0 Å². The summed E-state index contributed by atoms with van der Waals surface area (Å²) in [4.78, 5) is 26.2. The Kier molecular flexibility index (Phi) is 5.76. The lowest BCUT2D eigenvalue weighted by atomic mass is 9.98. The zero-order valence-electron chi connectivity index (χ0n) is 19.3. The van der Waals surface area contributed by atoms with Crippen LogP contribution in [-0.2, 0) is 17.8 Å². The molecule has 0 aliphatic carbocycles. The Hall–Kier alpha value is -4.12. The van der Waals surface area contributed by atoms with Crippen molar-refractivity contribution in [3.63, 3.8) is 0 Å². The molecule has 4 aromatic rings. The molecule has 5 heteroatoms. The number of carbonyl (C=O) groups excluding carboxylic acids is 2. The van der Waals surface area contributed by atoms with Gasteiger partial charge in [0.25, 0.3) is 0 Å². The van der Waals surface area contributed by atoms with Crippen molar-refractivity contribution in [3.8, 4) is 0 Å². The maximum absolute atomic E-state index is 13.6. The molecule has 0 saturated carbocycles. The zero-order valence-corrected chi connectivity index (χ0v) is 19.3. The minimum atomic E-state index is -0.487. The van der Waals surface area contributed by atoms with Crippen molar-refractivity contribution in [2.45, 2.75) is 32.9 Å². The number of fused-ring (bicyclic) bond motifs is 2. The molecule has 0 bridgehead atoms. The van der Waals surface area contributed by atoms with E-state index in [9.17, 15) is 9.59 Å². The molecule has 34 heavy (non-hydrogen) atoms. The molecule has 1 atom stereocenters. The molecule has 0 spiro atoms. The van der Waals surface area contributed by atoms with E-state index in [1.165, 1.54) is 0 Å². The number of hydrogen-bond acceptors (Lipinski definition) is 3. The van der Waals surface area contributed by atoms with Crippen LogP contribution in [0.2, 0.25) is 0 Å².